The number of aryl methyl sites for hydroxylation is 1. The monoisotopic (exact) mass is 279 g/mol. The fourth-order valence-electron chi connectivity index (χ4n) is 1.66. The highest BCUT2D eigenvalue weighted by Crippen LogP contribution is 2.19. The van der Waals surface area contributed by atoms with E-state index in [-0.39, 0.29) is 35.3 Å². The highest BCUT2D eigenvalue weighted by atomic mass is 16.5. The van der Waals surface area contributed by atoms with E-state index in [4.69, 9.17) is 15.2 Å². The molecule has 0 atom stereocenters. The fraction of sp³-hybridized carbons (Fsp3) is 0.364. The molecule has 0 bridgehead atoms. The van der Waals surface area contributed by atoms with E-state index in [2.05, 4.69) is 15.0 Å². The molecule has 0 aliphatic rings. The summed E-state index contributed by atoms with van der Waals surface area (Å²) in [5, 5.41) is 0. The zero-order valence-electron chi connectivity index (χ0n) is 11.2. The number of ether oxygens (including phenoxy) is 2. The van der Waals surface area contributed by atoms with Crippen LogP contribution in [-0.4, -0.2) is 39.2 Å². The maximum absolute atomic E-state index is 12.1. The molecule has 9 heteroatoms. The van der Waals surface area contributed by atoms with E-state index in [9.17, 15) is 9.59 Å². The lowest BCUT2D eigenvalue weighted by molar-refractivity contribution is 0.0517. The Bertz CT molecular complexity index is 740. The molecular weight excluding hydrogens is 266 g/mol. The summed E-state index contributed by atoms with van der Waals surface area (Å²) < 4.78 is 11.0. The lowest BCUT2D eigenvalue weighted by atomic mass is 10.4. The van der Waals surface area contributed by atoms with E-state index in [1.54, 1.807) is 6.92 Å². The zero-order chi connectivity index (χ0) is 14.9. The molecule has 9 nitrogen and oxygen atoms in total. The van der Waals surface area contributed by atoms with Crippen LogP contribution >= 0.6 is 0 Å². The molecule has 0 aliphatic heterocycles. The van der Waals surface area contributed by atoms with Crippen LogP contribution in [0, 0.1) is 0 Å². The van der Waals surface area contributed by atoms with E-state index in [0.29, 0.717) is 0 Å². The fourth-order valence-corrected chi connectivity index (χ4v) is 1.66. The number of fused-ring (bicyclic) bond motifs is 1. The van der Waals surface area contributed by atoms with Gasteiger partial charge in [0.1, 0.15) is 0 Å². The number of nitrogens with two attached hydrogens (primary N) is 1. The molecule has 2 aromatic rings. The lowest BCUT2D eigenvalue weighted by Crippen LogP contribution is -2.28. The van der Waals surface area contributed by atoms with Crippen LogP contribution in [0.15, 0.2) is 4.79 Å². The molecule has 106 valence electrons. The summed E-state index contributed by atoms with van der Waals surface area (Å²) in [6.45, 7) is 1.77. The summed E-state index contributed by atoms with van der Waals surface area (Å²) in [6.07, 6.45) is 0. The predicted molar refractivity (Wildman–Crippen MR) is 69.5 cm³/mol. The van der Waals surface area contributed by atoms with Crippen molar-refractivity contribution < 1.29 is 14.3 Å². The summed E-state index contributed by atoms with van der Waals surface area (Å²) in [5.41, 5.74) is 4.88. The van der Waals surface area contributed by atoms with Crippen LogP contribution < -0.4 is 16.0 Å². The highest BCUT2D eigenvalue weighted by molar-refractivity contribution is 5.90. The van der Waals surface area contributed by atoms with Gasteiger partial charge in [-0.25, -0.2) is 9.78 Å². The van der Waals surface area contributed by atoms with Gasteiger partial charge in [-0.05, 0) is 6.92 Å². The van der Waals surface area contributed by atoms with E-state index < -0.39 is 11.5 Å². The number of carbonyl (C=O) groups excluding carboxylic acids is 1. The molecule has 0 spiro atoms. The van der Waals surface area contributed by atoms with Gasteiger partial charge in [0.05, 0.1) is 13.7 Å². The molecule has 0 aromatic carbocycles. The van der Waals surface area contributed by atoms with E-state index in [1.807, 2.05) is 0 Å². The first-order valence-electron chi connectivity index (χ1n) is 5.75. The third-order valence-electron chi connectivity index (χ3n) is 2.56. The van der Waals surface area contributed by atoms with Gasteiger partial charge < -0.3 is 15.2 Å². The Morgan fingerprint density at radius 2 is 2.05 bits per heavy atom. The van der Waals surface area contributed by atoms with Crippen molar-refractivity contribution >= 4 is 23.1 Å². The van der Waals surface area contributed by atoms with Crippen molar-refractivity contribution in [2.24, 2.45) is 7.05 Å². The number of aromatic nitrogens is 4. The van der Waals surface area contributed by atoms with Crippen molar-refractivity contribution in [2.75, 3.05) is 19.5 Å². The Hall–Kier alpha value is -2.71. The lowest BCUT2D eigenvalue weighted by Gasteiger charge is -2.09. The van der Waals surface area contributed by atoms with Crippen molar-refractivity contribution in [1.29, 1.82) is 0 Å². The SMILES string of the molecule is CCOC(=O)c1nc2c(OC)nc(N)nc2n(C)c1=O. The second-order valence-electron chi connectivity index (χ2n) is 3.81. The summed E-state index contributed by atoms with van der Waals surface area (Å²) in [5.74, 6) is -0.794. The number of anilines is 1. The molecule has 2 rings (SSSR count). The topological polar surface area (TPSA) is 122 Å². The smallest absolute Gasteiger partial charge is 0.362 e. The van der Waals surface area contributed by atoms with Gasteiger partial charge in [0.2, 0.25) is 17.5 Å². The summed E-state index contributed by atoms with van der Waals surface area (Å²) >= 11 is 0. The molecule has 0 radical (unpaired) electrons. The normalized spacial score (nSPS) is 10.6. The number of carbonyl (C=O) groups is 1. The Labute approximate surface area is 113 Å². The highest BCUT2D eigenvalue weighted by Gasteiger charge is 2.20. The minimum atomic E-state index is -0.811. The maximum Gasteiger partial charge on any atom is 0.362 e. The number of nitrogens with zero attached hydrogens (tertiary/aromatic N) is 4. The first-order chi connectivity index (χ1) is 9.49. The predicted octanol–water partition coefficient (Wildman–Crippen LogP) is -0.509. The Kier molecular flexibility index (Phi) is 3.51. The van der Waals surface area contributed by atoms with Crippen LogP contribution in [0.4, 0.5) is 5.95 Å². The van der Waals surface area contributed by atoms with Crippen LogP contribution in [-0.2, 0) is 11.8 Å². The van der Waals surface area contributed by atoms with Crippen LogP contribution in [0.3, 0.4) is 0 Å². The number of hydrogen-bond acceptors (Lipinski definition) is 8. The van der Waals surface area contributed by atoms with Crippen LogP contribution in [0.1, 0.15) is 17.4 Å². The Morgan fingerprint density at radius 3 is 2.65 bits per heavy atom. The molecule has 0 aliphatic carbocycles. The third-order valence-corrected chi connectivity index (χ3v) is 2.56. The van der Waals surface area contributed by atoms with Gasteiger partial charge in [-0.3, -0.25) is 9.36 Å². The third kappa shape index (κ3) is 2.13. The second-order valence-corrected chi connectivity index (χ2v) is 3.81. The first-order valence-corrected chi connectivity index (χ1v) is 5.75. The van der Waals surface area contributed by atoms with Gasteiger partial charge in [0.25, 0.3) is 5.56 Å². The summed E-state index contributed by atoms with van der Waals surface area (Å²) in [6, 6.07) is 0. The molecule has 2 aromatic heterocycles. The van der Waals surface area contributed by atoms with E-state index in [1.165, 1.54) is 14.2 Å². The Morgan fingerprint density at radius 1 is 1.35 bits per heavy atom. The molecule has 0 saturated carbocycles. The minimum Gasteiger partial charge on any atom is -0.479 e. The van der Waals surface area contributed by atoms with Gasteiger partial charge in [0.15, 0.2) is 11.2 Å². The number of methoxy groups -OCH3 is 1. The van der Waals surface area contributed by atoms with Crippen LogP contribution in [0.5, 0.6) is 5.88 Å². The molecule has 2 N–H and O–H groups in total. The van der Waals surface area contributed by atoms with Gasteiger partial charge in [0, 0.05) is 7.05 Å². The average Bonchev–Trinajstić information content (AvgIpc) is 2.42. The second kappa shape index (κ2) is 5.11. The van der Waals surface area contributed by atoms with Gasteiger partial charge in [-0.2, -0.15) is 9.97 Å². The van der Waals surface area contributed by atoms with Gasteiger partial charge in [-0.15, -0.1) is 0 Å². The van der Waals surface area contributed by atoms with Crippen LogP contribution in [0.25, 0.3) is 11.2 Å². The van der Waals surface area contributed by atoms with Crippen molar-refractivity contribution in [3.63, 3.8) is 0 Å². The molecule has 0 fully saturated rings. The molecule has 0 amide bonds. The number of esters is 1. The summed E-state index contributed by atoms with van der Waals surface area (Å²) in [7, 11) is 2.82. The maximum atomic E-state index is 12.1. The standard InChI is InChI=1S/C11H13N5O4/c1-4-20-10(18)6-9(17)16(2)7-5(13-6)8(19-3)15-11(12)14-7/h4H2,1-3H3,(H2,12,14,15). The van der Waals surface area contributed by atoms with Crippen molar-refractivity contribution in [1.82, 2.24) is 19.5 Å². The van der Waals surface area contributed by atoms with Crippen molar-refractivity contribution in [3.8, 4) is 5.88 Å². The molecule has 2 heterocycles. The average molecular weight is 279 g/mol. The van der Waals surface area contributed by atoms with Gasteiger partial charge >= 0.3 is 5.97 Å². The molecule has 0 saturated heterocycles. The molecule has 20 heavy (non-hydrogen) atoms. The minimum absolute atomic E-state index is 0.0602. The van der Waals surface area contributed by atoms with Crippen molar-refractivity contribution in [2.45, 2.75) is 6.92 Å². The van der Waals surface area contributed by atoms with E-state index in [0.717, 1.165) is 4.57 Å². The quantitative estimate of drug-likeness (QED) is 0.745. The first kappa shape index (κ1) is 13.7. The van der Waals surface area contributed by atoms with Crippen LogP contribution in [0.2, 0.25) is 0 Å². The largest absolute Gasteiger partial charge is 0.479 e. The number of nitrogen functional groups attached to an aromatic ring is 1. The number of hydrogen-bond donors (Lipinski definition) is 1. The van der Waals surface area contributed by atoms with Crippen molar-refractivity contribution in [3.05, 3.63) is 16.0 Å². The molecular formula is C11H13N5O4. The summed E-state index contributed by atoms with van der Waals surface area (Å²) in [4.78, 5) is 35.5. The van der Waals surface area contributed by atoms with E-state index >= 15 is 0 Å². The van der Waals surface area contributed by atoms with Gasteiger partial charge in [-0.1, -0.05) is 0 Å². The molecule has 0 unspecified atom stereocenters. The zero-order valence-corrected chi connectivity index (χ0v) is 11.2. The Balaban J connectivity index is 2.82. The number of rotatable bonds is 3.